The first-order valence-electron chi connectivity index (χ1n) is 10.4. The Morgan fingerprint density at radius 3 is 2.61 bits per heavy atom. The van der Waals surface area contributed by atoms with Gasteiger partial charge in [0.1, 0.15) is 22.9 Å². The Morgan fingerprint density at radius 2 is 1.90 bits per heavy atom. The van der Waals surface area contributed by atoms with Crippen molar-refractivity contribution in [1.82, 2.24) is 24.1 Å². The lowest BCUT2D eigenvalue weighted by molar-refractivity contribution is 0.0624. The zero-order valence-electron chi connectivity index (χ0n) is 18.2. The summed E-state index contributed by atoms with van der Waals surface area (Å²) in [4.78, 5) is 23.9. The number of carbonyl (C=O) groups is 1. The van der Waals surface area contributed by atoms with Crippen molar-refractivity contribution in [3.8, 4) is 16.9 Å². The number of aromatic nitrogens is 2. The molecule has 4 rings (SSSR count). The normalized spacial score (nSPS) is 15.1. The molecule has 0 aliphatic carbocycles. The Morgan fingerprint density at radius 1 is 1.13 bits per heavy atom. The van der Waals surface area contributed by atoms with E-state index in [9.17, 15) is 9.18 Å². The zero-order valence-corrected chi connectivity index (χ0v) is 18.2. The number of hydrogen-bond acceptors (Lipinski definition) is 5. The molecule has 0 saturated carbocycles. The first-order valence-corrected chi connectivity index (χ1v) is 10.4. The summed E-state index contributed by atoms with van der Waals surface area (Å²) in [6, 6.07) is 8.11. The van der Waals surface area contributed by atoms with Crippen molar-refractivity contribution in [2.45, 2.75) is 0 Å². The summed E-state index contributed by atoms with van der Waals surface area (Å²) in [7, 11) is 5.70. The standard InChI is InChI=1S/C23H28FN5O2/c1-26(2)8-9-27-10-12-28(13-11-27)23(30)20-16-29-15-17(4-7-22(29)25-20)19-14-18(24)5-6-21(19)31-3/h4-7,14-16H,8-13H2,1-3H3. The summed E-state index contributed by atoms with van der Waals surface area (Å²) < 4.78 is 21.0. The molecular weight excluding hydrogens is 397 g/mol. The Labute approximate surface area is 181 Å². The van der Waals surface area contributed by atoms with Crippen molar-refractivity contribution >= 4 is 11.6 Å². The van der Waals surface area contributed by atoms with E-state index in [0.29, 0.717) is 35.7 Å². The zero-order chi connectivity index (χ0) is 22.0. The lowest BCUT2D eigenvalue weighted by atomic mass is 10.1. The summed E-state index contributed by atoms with van der Waals surface area (Å²) in [5, 5.41) is 0. The molecule has 1 aromatic carbocycles. The maximum atomic E-state index is 13.8. The van der Waals surface area contributed by atoms with Crippen molar-refractivity contribution in [2.75, 3.05) is 60.5 Å². The molecule has 1 saturated heterocycles. The topological polar surface area (TPSA) is 53.3 Å². The number of likely N-dealkylation sites (N-methyl/N-ethyl adjacent to an activating group) is 1. The quantitative estimate of drug-likeness (QED) is 0.607. The second-order valence-corrected chi connectivity index (χ2v) is 8.09. The van der Waals surface area contributed by atoms with E-state index in [1.807, 2.05) is 23.2 Å². The minimum atomic E-state index is -0.331. The van der Waals surface area contributed by atoms with Gasteiger partial charge in [-0.15, -0.1) is 0 Å². The van der Waals surface area contributed by atoms with E-state index in [1.54, 1.807) is 23.8 Å². The van der Waals surface area contributed by atoms with Crippen molar-refractivity contribution < 1.29 is 13.9 Å². The molecule has 1 fully saturated rings. The average molecular weight is 426 g/mol. The van der Waals surface area contributed by atoms with Gasteiger partial charge in [-0.1, -0.05) is 0 Å². The largest absolute Gasteiger partial charge is 0.496 e. The van der Waals surface area contributed by atoms with Crippen LogP contribution in [0.1, 0.15) is 10.5 Å². The van der Waals surface area contributed by atoms with Crippen LogP contribution in [0.5, 0.6) is 5.75 Å². The Balaban J connectivity index is 1.50. The number of piperazine rings is 1. The summed E-state index contributed by atoms with van der Waals surface area (Å²) in [5.74, 6) is 0.201. The number of hydrogen-bond donors (Lipinski definition) is 0. The van der Waals surface area contributed by atoms with Crippen LogP contribution < -0.4 is 4.74 Å². The number of nitrogens with zero attached hydrogens (tertiary/aromatic N) is 5. The van der Waals surface area contributed by atoms with Gasteiger partial charge in [-0.2, -0.15) is 0 Å². The molecule has 0 N–H and O–H groups in total. The highest BCUT2D eigenvalue weighted by atomic mass is 19.1. The Kier molecular flexibility index (Phi) is 6.20. The summed E-state index contributed by atoms with van der Waals surface area (Å²) in [6.45, 7) is 5.17. The summed E-state index contributed by atoms with van der Waals surface area (Å²) in [5.41, 5.74) is 2.53. The van der Waals surface area contributed by atoms with Gasteiger partial charge in [0.25, 0.3) is 5.91 Å². The minimum Gasteiger partial charge on any atom is -0.496 e. The van der Waals surface area contributed by atoms with Crippen LogP contribution in [-0.2, 0) is 0 Å². The van der Waals surface area contributed by atoms with Crippen molar-refractivity contribution in [1.29, 1.82) is 0 Å². The highest BCUT2D eigenvalue weighted by Gasteiger charge is 2.24. The highest BCUT2D eigenvalue weighted by Crippen LogP contribution is 2.30. The van der Waals surface area contributed by atoms with E-state index in [-0.39, 0.29) is 11.7 Å². The van der Waals surface area contributed by atoms with Crippen LogP contribution in [0.4, 0.5) is 4.39 Å². The molecular formula is C23H28FN5O2. The number of benzene rings is 1. The third-order valence-corrected chi connectivity index (χ3v) is 5.67. The van der Waals surface area contributed by atoms with Gasteiger partial charge in [0.05, 0.1) is 7.11 Å². The molecule has 3 aromatic rings. The van der Waals surface area contributed by atoms with Gasteiger partial charge in [0, 0.05) is 62.8 Å². The molecule has 0 bridgehead atoms. The predicted octanol–water partition coefficient (Wildman–Crippen LogP) is 2.47. The lowest BCUT2D eigenvalue weighted by Crippen LogP contribution is -2.50. The van der Waals surface area contributed by atoms with Crippen molar-refractivity contribution in [3.63, 3.8) is 0 Å². The molecule has 0 radical (unpaired) electrons. The molecule has 1 aliphatic rings. The van der Waals surface area contributed by atoms with E-state index in [4.69, 9.17) is 4.74 Å². The number of methoxy groups -OCH3 is 1. The SMILES string of the molecule is COc1ccc(F)cc1-c1ccc2nc(C(=O)N3CCN(CCN(C)C)CC3)cn2c1. The van der Waals surface area contributed by atoms with Crippen LogP contribution >= 0.6 is 0 Å². The van der Waals surface area contributed by atoms with E-state index < -0.39 is 0 Å². The maximum absolute atomic E-state index is 13.8. The van der Waals surface area contributed by atoms with Crippen LogP contribution in [0.3, 0.4) is 0 Å². The maximum Gasteiger partial charge on any atom is 0.274 e. The monoisotopic (exact) mass is 425 g/mol. The average Bonchev–Trinajstić information content (AvgIpc) is 3.21. The van der Waals surface area contributed by atoms with Gasteiger partial charge in [0.2, 0.25) is 0 Å². The first-order chi connectivity index (χ1) is 14.9. The number of imidazole rings is 1. The van der Waals surface area contributed by atoms with Gasteiger partial charge < -0.3 is 18.9 Å². The second-order valence-electron chi connectivity index (χ2n) is 8.09. The number of rotatable bonds is 6. The molecule has 0 spiro atoms. The van der Waals surface area contributed by atoms with Crippen molar-refractivity contribution in [2.24, 2.45) is 0 Å². The molecule has 7 nitrogen and oxygen atoms in total. The van der Waals surface area contributed by atoms with Gasteiger partial charge in [-0.3, -0.25) is 9.69 Å². The molecule has 3 heterocycles. The van der Waals surface area contributed by atoms with E-state index in [0.717, 1.165) is 31.7 Å². The van der Waals surface area contributed by atoms with Crippen LogP contribution in [0.25, 0.3) is 16.8 Å². The molecule has 2 aromatic heterocycles. The fourth-order valence-electron chi connectivity index (χ4n) is 3.84. The number of pyridine rings is 1. The number of halogens is 1. The third kappa shape index (κ3) is 4.70. The van der Waals surface area contributed by atoms with E-state index in [2.05, 4.69) is 28.9 Å². The Bertz CT molecular complexity index is 1070. The van der Waals surface area contributed by atoms with E-state index in [1.165, 1.54) is 12.1 Å². The lowest BCUT2D eigenvalue weighted by Gasteiger charge is -2.34. The molecule has 0 atom stereocenters. The third-order valence-electron chi connectivity index (χ3n) is 5.67. The molecule has 31 heavy (non-hydrogen) atoms. The molecule has 0 unspecified atom stereocenters. The van der Waals surface area contributed by atoms with Crippen molar-refractivity contribution in [3.05, 3.63) is 54.2 Å². The molecule has 1 aliphatic heterocycles. The van der Waals surface area contributed by atoms with E-state index >= 15 is 0 Å². The molecule has 164 valence electrons. The minimum absolute atomic E-state index is 0.0548. The number of fused-ring (bicyclic) bond motifs is 1. The number of ether oxygens (including phenoxy) is 1. The predicted molar refractivity (Wildman–Crippen MR) is 118 cm³/mol. The molecule has 1 amide bonds. The van der Waals surface area contributed by atoms with Gasteiger partial charge in [0.15, 0.2) is 0 Å². The first kappa shape index (κ1) is 21.3. The Hall–Kier alpha value is -2.97. The summed E-state index contributed by atoms with van der Waals surface area (Å²) >= 11 is 0. The van der Waals surface area contributed by atoms with Crippen LogP contribution in [0.2, 0.25) is 0 Å². The smallest absolute Gasteiger partial charge is 0.274 e. The number of carbonyl (C=O) groups excluding carboxylic acids is 1. The highest BCUT2D eigenvalue weighted by molar-refractivity contribution is 5.93. The summed E-state index contributed by atoms with van der Waals surface area (Å²) in [6.07, 6.45) is 3.58. The fraction of sp³-hybridized carbons (Fsp3) is 0.391. The molecule has 8 heteroatoms. The second kappa shape index (κ2) is 9.03. The number of amides is 1. The van der Waals surface area contributed by atoms with Crippen LogP contribution in [0, 0.1) is 5.82 Å². The van der Waals surface area contributed by atoms with Gasteiger partial charge in [-0.05, 0) is 44.4 Å². The van der Waals surface area contributed by atoms with Gasteiger partial charge >= 0.3 is 0 Å². The fourth-order valence-corrected chi connectivity index (χ4v) is 3.84. The van der Waals surface area contributed by atoms with Crippen LogP contribution in [0.15, 0.2) is 42.7 Å². The van der Waals surface area contributed by atoms with Crippen LogP contribution in [-0.4, -0.2) is 90.5 Å². The van der Waals surface area contributed by atoms with Gasteiger partial charge in [-0.25, -0.2) is 9.37 Å².